The molecule has 4 aromatic rings. The summed E-state index contributed by atoms with van der Waals surface area (Å²) in [6.45, 7) is 5.34. The number of likely N-dealkylation sites (tertiary alicyclic amines) is 1. The third-order valence-electron chi connectivity index (χ3n) is 8.45. The van der Waals surface area contributed by atoms with Crippen molar-refractivity contribution in [3.05, 3.63) is 119 Å². The van der Waals surface area contributed by atoms with E-state index in [1.807, 2.05) is 42.2 Å². The first-order chi connectivity index (χ1) is 20.7. The zero-order chi connectivity index (χ0) is 30.1. The Morgan fingerprint density at radius 1 is 0.977 bits per heavy atom. The molecular formula is C34H35FN4O3S. The highest BCUT2D eigenvalue weighted by atomic mass is 32.2. The second kappa shape index (κ2) is 11.9. The molecule has 0 aliphatic carbocycles. The molecule has 3 heterocycles. The molecule has 6 rings (SSSR count). The van der Waals surface area contributed by atoms with E-state index in [0.717, 1.165) is 29.8 Å². The molecule has 1 atom stereocenters. The summed E-state index contributed by atoms with van der Waals surface area (Å²) < 4.78 is 39.3. The van der Waals surface area contributed by atoms with Gasteiger partial charge in [0.1, 0.15) is 5.82 Å². The Kier molecular flexibility index (Phi) is 8.03. The van der Waals surface area contributed by atoms with Gasteiger partial charge in [0.2, 0.25) is 0 Å². The Morgan fingerprint density at radius 2 is 1.70 bits per heavy atom. The van der Waals surface area contributed by atoms with Crippen molar-refractivity contribution in [2.24, 2.45) is 0 Å². The zero-order valence-electron chi connectivity index (χ0n) is 24.4. The van der Waals surface area contributed by atoms with Crippen molar-refractivity contribution in [3.8, 4) is 5.69 Å². The smallest absolute Gasteiger partial charge is 0.257 e. The Labute approximate surface area is 252 Å². The maximum Gasteiger partial charge on any atom is 0.257 e. The third-order valence-corrected chi connectivity index (χ3v) is 9.58. The van der Waals surface area contributed by atoms with E-state index in [0.29, 0.717) is 60.4 Å². The number of sulfone groups is 1. The molecule has 1 amide bonds. The third kappa shape index (κ3) is 6.19. The van der Waals surface area contributed by atoms with E-state index < -0.39 is 9.84 Å². The maximum absolute atomic E-state index is 14.1. The van der Waals surface area contributed by atoms with Crippen LogP contribution in [0.15, 0.2) is 89.8 Å². The van der Waals surface area contributed by atoms with E-state index in [1.54, 1.807) is 28.9 Å². The number of nitrogens with zero attached hydrogens (tertiary/aromatic N) is 4. The predicted octanol–water partition coefficient (Wildman–Crippen LogP) is 5.64. The lowest BCUT2D eigenvalue weighted by atomic mass is 9.98. The number of halogens is 1. The van der Waals surface area contributed by atoms with Crippen molar-refractivity contribution in [3.63, 3.8) is 0 Å². The topological polar surface area (TPSA) is 75.5 Å². The van der Waals surface area contributed by atoms with Crippen molar-refractivity contribution in [1.29, 1.82) is 0 Å². The van der Waals surface area contributed by atoms with Crippen molar-refractivity contribution < 1.29 is 17.6 Å². The molecule has 1 saturated heterocycles. The van der Waals surface area contributed by atoms with Gasteiger partial charge in [0.25, 0.3) is 5.91 Å². The first-order valence-electron chi connectivity index (χ1n) is 14.6. The summed E-state index contributed by atoms with van der Waals surface area (Å²) in [7, 11) is -3.24. The standard InChI is InChI=1S/C34H35FN4O3S/c1-24-32(34(40)38-21-18-28(23-38)26-6-4-3-5-7-26)33(39(36-24)30-12-10-29(35)11-13-30)27-16-19-37(20-17-27)22-25-8-14-31(15-9-25)43(2,41)42/h3-16,28H,17-23H2,1-2H3/t28-/m0/s1. The summed E-state index contributed by atoms with van der Waals surface area (Å²) >= 11 is 0. The molecule has 7 nitrogen and oxygen atoms in total. The van der Waals surface area contributed by atoms with Gasteiger partial charge in [0.05, 0.1) is 27.5 Å². The average molecular weight is 599 g/mol. The highest BCUT2D eigenvalue weighted by molar-refractivity contribution is 7.90. The van der Waals surface area contributed by atoms with Crippen LogP contribution in [0.3, 0.4) is 0 Å². The molecule has 222 valence electrons. The average Bonchev–Trinajstić information content (AvgIpc) is 3.63. The molecule has 0 unspecified atom stereocenters. The van der Waals surface area contributed by atoms with Crippen molar-refractivity contribution in [1.82, 2.24) is 19.6 Å². The van der Waals surface area contributed by atoms with Gasteiger partial charge in [-0.25, -0.2) is 17.5 Å². The SMILES string of the molecule is Cc1nn(-c2ccc(F)cc2)c(C2=CCN(Cc3ccc(S(C)(=O)=O)cc3)CC2)c1C(=O)N1CC[C@H](c2ccccc2)C1. The Morgan fingerprint density at radius 3 is 2.35 bits per heavy atom. The summed E-state index contributed by atoms with van der Waals surface area (Å²) in [6.07, 6.45) is 4.99. The predicted molar refractivity (Wildman–Crippen MR) is 165 cm³/mol. The highest BCUT2D eigenvalue weighted by Gasteiger charge is 2.33. The number of carbonyl (C=O) groups excluding carboxylic acids is 1. The van der Waals surface area contributed by atoms with E-state index in [1.165, 1.54) is 24.0 Å². The Bertz CT molecular complexity index is 1760. The van der Waals surface area contributed by atoms with Crippen molar-refractivity contribution >= 4 is 21.3 Å². The molecular weight excluding hydrogens is 563 g/mol. The van der Waals surface area contributed by atoms with Crippen LogP contribution in [0.1, 0.15) is 51.6 Å². The fourth-order valence-electron chi connectivity index (χ4n) is 6.12. The Hall–Kier alpha value is -4.08. The largest absolute Gasteiger partial charge is 0.338 e. The summed E-state index contributed by atoms with van der Waals surface area (Å²) in [4.78, 5) is 18.7. The second-order valence-corrected chi connectivity index (χ2v) is 13.5. The van der Waals surface area contributed by atoms with Crippen LogP contribution in [0.2, 0.25) is 0 Å². The number of amides is 1. The van der Waals surface area contributed by atoms with E-state index in [9.17, 15) is 17.6 Å². The van der Waals surface area contributed by atoms with E-state index >= 15 is 0 Å². The molecule has 1 fully saturated rings. The number of rotatable bonds is 7. The minimum absolute atomic E-state index is 0.0198. The molecule has 0 N–H and O–H groups in total. The molecule has 0 spiro atoms. The number of benzene rings is 3. The van der Waals surface area contributed by atoms with Gasteiger partial charge in [0.15, 0.2) is 9.84 Å². The van der Waals surface area contributed by atoms with Crippen LogP contribution in [0.4, 0.5) is 4.39 Å². The fraction of sp³-hybridized carbons (Fsp3) is 0.294. The van der Waals surface area contributed by atoms with Crippen LogP contribution >= 0.6 is 0 Å². The first kappa shape index (κ1) is 29.0. The number of hydrogen-bond donors (Lipinski definition) is 0. The molecule has 1 aromatic heterocycles. The molecule has 0 saturated carbocycles. The number of carbonyl (C=O) groups is 1. The summed E-state index contributed by atoms with van der Waals surface area (Å²) in [5.41, 5.74) is 6.06. The highest BCUT2D eigenvalue weighted by Crippen LogP contribution is 2.34. The van der Waals surface area contributed by atoms with Crippen LogP contribution in [0, 0.1) is 12.7 Å². The van der Waals surface area contributed by atoms with Gasteiger partial charge in [-0.2, -0.15) is 5.10 Å². The molecule has 9 heteroatoms. The zero-order valence-corrected chi connectivity index (χ0v) is 25.2. The minimum Gasteiger partial charge on any atom is -0.338 e. The van der Waals surface area contributed by atoms with E-state index in [4.69, 9.17) is 5.10 Å². The number of hydrogen-bond acceptors (Lipinski definition) is 5. The van der Waals surface area contributed by atoms with Gasteiger partial charge in [-0.3, -0.25) is 9.69 Å². The van der Waals surface area contributed by atoms with Crippen LogP contribution in [-0.4, -0.2) is 66.3 Å². The molecule has 0 radical (unpaired) electrons. The summed E-state index contributed by atoms with van der Waals surface area (Å²) in [6, 6.07) is 23.6. The van der Waals surface area contributed by atoms with E-state index in [-0.39, 0.29) is 11.7 Å². The van der Waals surface area contributed by atoms with Crippen LogP contribution in [0.5, 0.6) is 0 Å². The molecule has 0 bridgehead atoms. The van der Waals surface area contributed by atoms with Gasteiger partial charge in [-0.15, -0.1) is 0 Å². The van der Waals surface area contributed by atoms with Crippen molar-refractivity contribution in [2.75, 3.05) is 32.4 Å². The van der Waals surface area contributed by atoms with Crippen LogP contribution in [-0.2, 0) is 16.4 Å². The van der Waals surface area contributed by atoms with Gasteiger partial charge >= 0.3 is 0 Å². The molecule has 43 heavy (non-hydrogen) atoms. The van der Waals surface area contributed by atoms with Gasteiger partial charge in [-0.1, -0.05) is 48.5 Å². The van der Waals surface area contributed by atoms with Gasteiger partial charge < -0.3 is 4.90 Å². The number of aromatic nitrogens is 2. The minimum atomic E-state index is -3.24. The van der Waals surface area contributed by atoms with Crippen LogP contribution < -0.4 is 0 Å². The maximum atomic E-state index is 14.1. The number of aryl methyl sites for hydroxylation is 1. The Balaban J connectivity index is 1.28. The lowest BCUT2D eigenvalue weighted by Gasteiger charge is -2.27. The molecule has 2 aliphatic rings. The fourth-order valence-corrected chi connectivity index (χ4v) is 6.75. The second-order valence-electron chi connectivity index (χ2n) is 11.5. The van der Waals surface area contributed by atoms with Gasteiger partial charge in [-0.05, 0) is 72.9 Å². The summed E-state index contributed by atoms with van der Waals surface area (Å²) in [5.74, 6) is -0.0461. The summed E-state index contributed by atoms with van der Waals surface area (Å²) in [5, 5.41) is 4.81. The quantitative estimate of drug-likeness (QED) is 0.275. The monoisotopic (exact) mass is 598 g/mol. The van der Waals surface area contributed by atoms with E-state index in [2.05, 4.69) is 23.1 Å². The lowest BCUT2D eigenvalue weighted by molar-refractivity contribution is 0.0789. The van der Waals surface area contributed by atoms with Crippen molar-refractivity contribution in [2.45, 2.75) is 37.1 Å². The van der Waals surface area contributed by atoms with Gasteiger partial charge in [0, 0.05) is 44.9 Å². The molecule has 2 aliphatic heterocycles. The normalized spacial score (nSPS) is 17.7. The molecule has 3 aromatic carbocycles. The lowest BCUT2D eigenvalue weighted by Crippen LogP contribution is -2.31. The van der Waals surface area contributed by atoms with Crippen LogP contribution in [0.25, 0.3) is 11.3 Å². The first-order valence-corrected chi connectivity index (χ1v) is 16.5.